The molecule has 0 aliphatic rings. The molecule has 1 atom stereocenters. The number of furan rings is 1. The molecule has 2 aromatic rings. The lowest BCUT2D eigenvalue weighted by Gasteiger charge is -2.09. The second-order valence-electron chi connectivity index (χ2n) is 4.75. The van der Waals surface area contributed by atoms with Crippen molar-refractivity contribution in [2.24, 2.45) is 0 Å². The molecule has 0 saturated carbocycles. The summed E-state index contributed by atoms with van der Waals surface area (Å²) in [5.41, 5.74) is 1.67. The highest BCUT2D eigenvalue weighted by molar-refractivity contribution is 5.79. The van der Waals surface area contributed by atoms with Gasteiger partial charge in [0, 0.05) is 12.0 Å². The fourth-order valence-corrected chi connectivity index (χ4v) is 2.15. The van der Waals surface area contributed by atoms with Gasteiger partial charge in [-0.05, 0) is 18.6 Å². The maximum absolute atomic E-state index is 12.0. The monoisotopic (exact) mass is 292 g/mol. The van der Waals surface area contributed by atoms with Gasteiger partial charge in [-0.1, -0.05) is 19.0 Å². The molecule has 1 amide bonds. The first-order valence-corrected chi connectivity index (χ1v) is 7.10. The fourth-order valence-electron chi connectivity index (χ4n) is 2.15. The van der Waals surface area contributed by atoms with Crippen molar-refractivity contribution in [2.75, 3.05) is 6.54 Å². The first kappa shape index (κ1) is 15.3. The molecule has 0 bridgehead atoms. The highest BCUT2D eigenvalue weighted by atomic mass is 16.5. The second kappa shape index (κ2) is 7.08. The molecule has 2 rings (SSSR count). The Hall–Kier alpha value is -2.08. The van der Waals surface area contributed by atoms with Crippen molar-refractivity contribution in [1.29, 1.82) is 0 Å². The number of amides is 1. The summed E-state index contributed by atoms with van der Waals surface area (Å²) in [6.07, 6.45) is 2.27. The van der Waals surface area contributed by atoms with E-state index in [0.717, 1.165) is 23.4 Å². The topological polar surface area (TPSA) is 88.5 Å². The summed E-state index contributed by atoms with van der Waals surface area (Å²) in [4.78, 5) is 12.0. The highest BCUT2D eigenvalue weighted by Gasteiger charge is 2.18. The van der Waals surface area contributed by atoms with Crippen molar-refractivity contribution in [3.8, 4) is 0 Å². The quantitative estimate of drug-likeness (QED) is 0.812. The molecule has 0 aromatic carbocycles. The molecule has 0 saturated heterocycles. The molecule has 6 nitrogen and oxygen atoms in total. The minimum absolute atomic E-state index is 0.112. The number of carbonyl (C=O) groups excluding carboxylic acids is 1. The second-order valence-corrected chi connectivity index (χ2v) is 4.75. The van der Waals surface area contributed by atoms with Crippen LogP contribution in [0.3, 0.4) is 0 Å². The summed E-state index contributed by atoms with van der Waals surface area (Å²) >= 11 is 0. The standard InChI is InChI=1S/C15H20N2O4/c1-3-11-10(13(4-2)21-17-11)8-15(19)16-9-12(18)14-6-5-7-20-14/h5-7,12,18H,3-4,8-9H2,1-2H3,(H,16,19). The summed E-state index contributed by atoms with van der Waals surface area (Å²) < 4.78 is 10.3. The molecule has 0 fully saturated rings. The molecule has 0 spiro atoms. The SMILES string of the molecule is CCc1noc(CC)c1CC(=O)NCC(O)c1ccco1. The Morgan fingerprint density at radius 2 is 2.24 bits per heavy atom. The third-order valence-corrected chi connectivity index (χ3v) is 3.31. The van der Waals surface area contributed by atoms with Crippen LogP contribution in [0.5, 0.6) is 0 Å². The summed E-state index contributed by atoms with van der Waals surface area (Å²) in [5, 5.41) is 16.5. The molecular formula is C15H20N2O4. The first-order valence-electron chi connectivity index (χ1n) is 7.10. The van der Waals surface area contributed by atoms with E-state index in [0.29, 0.717) is 12.2 Å². The third kappa shape index (κ3) is 3.72. The maximum atomic E-state index is 12.0. The number of aryl methyl sites for hydroxylation is 2. The summed E-state index contributed by atoms with van der Waals surface area (Å²) in [6, 6.07) is 3.36. The smallest absolute Gasteiger partial charge is 0.224 e. The summed E-state index contributed by atoms with van der Waals surface area (Å²) in [7, 11) is 0. The minimum Gasteiger partial charge on any atom is -0.467 e. The van der Waals surface area contributed by atoms with E-state index in [4.69, 9.17) is 8.94 Å². The molecule has 6 heteroatoms. The summed E-state index contributed by atoms with van der Waals surface area (Å²) in [6.45, 7) is 4.04. The van der Waals surface area contributed by atoms with Gasteiger partial charge in [-0.3, -0.25) is 4.79 Å². The van der Waals surface area contributed by atoms with Gasteiger partial charge in [0.1, 0.15) is 17.6 Å². The molecule has 0 radical (unpaired) electrons. The number of nitrogens with zero attached hydrogens (tertiary/aromatic N) is 1. The van der Waals surface area contributed by atoms with Crippen LogP contribution in [0, 0.1) is 0 Å². The van der Waals surface area contributed by atoms with Gasteiger partial charge in [-0.15, -0.1) is 0 Å². The fraction of sp³-hybridized carbons (Fsp3) is 0.467. The van der Waals surface area contributed by atoms with E-state index in [-0.39, 0.29) is 18.9 Å². The van der Waals surface area contributed by atoms with E-state index in [9.17, 15) is 9.90 Å². The number of rotatable bonds is 7. The Morgan fingerprint density at radius 3 is 2.86 bits per heavy atom. The predicted octanol–water partition coefficient (Wildman–Crippen LogP) is 1.78. The number of hydrogen-bond acceptors (Lipinski definition) is 5. The van der Waals surface area contributed by atoms with E-state index in [1.807, 2.05) is 13.8 Å². The zero-order valence-corrected chi connectivity index (χ0v) is 12.3. The van der Waals surface area contributed by atoms with Gasteiger partial charge in [-0.25, -0.2) is 0 Å². The lowest BCUT2D eigenvalue weighted by atomic mass is 10.1. The van der Waals surface area contributed by atoms with Crippen molar-refractivity contribution in [3.05, 3.63) is 41.2 Å². The number of aromatic nitrogens is 1. The average Bonchev–Trinajstić information content (AvgIpc) is 3.14. The van der Waals surface area contributed by atoms with Crippen molar-refractivity contribution >= 4 is 5.91 Å². The number of hydrogen-bond donors (Lipinski definition) is 2. The zero-order valence-electron chi connectivity index (χ0n) is 12.3. The maximum Gasteiger partial charge on any atom is 0.224 e. The van der Waals surface area contributed by atoms with Gasteiger partial charge < -0.3 is 19.4 Å². The van der Waals surface area contributed by atoms with Crippen LogP contribution in [-0.2, 0) is 24.1 Å². The van der Waals surface area contributed by atoms with Crippen molar-refractivity contribution in [2.45, 2.75) is 39.2 Å². The van der Waals surface area contributed by atoms with E-state index < -0.39 is 6.10 Å². The molecule has 2 N–H and O–H groups in total. The Labute approximate surface area is 123 Å². The van der Waals surface area contributed by atoms with E-state index in [1.54, 1.807) is 12.1 Å². The van der Waals surface area contributed by atoms with Gasteiger partial charge in [0.25, 0.3) is 0 Å². The number of nitrogens with one attached hydrogen (secondary N) is 1. The lowest BCUT2D eigenvalue weighted by molar-refractivity contribution is -0.121. The van der Waals surface area contributed by atoms with E-state index in [2.05, 4.69) is 10.5 Å². The highest BCUT2D eigenvalue weighted by Crippen LogP contribution is 2.17. The van der Waals surface area contributed by atoms with Crippen molar-refractivity contribution in [1.82, 2.24) is 10.5 Å². The van der Waals surface area contributed by atoms with Gasteiger partial charge in [-0.2, -0.15) is 0 Å². The lowest BCUT2D eigenvalue weighted by Crippen LogP contribution is -2.30. The molecule has 2 heterocycles. The van der Waals surface area contributed by atoms with E-state index in [1.165, 1.54) is 6.26 Å². The van der Waals surface area contributed by atoms with Gasteiger partial charge in [0.05, 0.1) is 24.9 Å². The molecule has 0 aliphatic carbocycles. The molecular weight excluding hydrogens is 272 g/mol. The van der Waals surface area contributed by atoms with Crippen LogP contribution in [0.1, 0.15) is 42.7 Å². The molecule has 21 heavy (non-hydrogen) atoms. The minimum atomic E-state index is -0.845. The van der Waals surface area contributed by atoms with Crippen LogP contribution in [0.15, 0.2) is 27.3 Å². The van der Waals surface area contributed by atoms with Crippen molar-refractivity contribution < 1.29 is 18.8 Å². The number of aliphatic hydroxyl groups excluding tert-OH is 1. The van der Waals surface area contributed by atoms with Crippen LogP contribution in [0.4, 0.5) is 0 Å². The van der Waals surface area contributed by atoms with Gasteiger partial charge in [0.2, 0.25) is 5.91 Å². The van der Waals surface area contributed by atoms with E-state index >= 15 is 0 Å². The van der Waals surface area contributed by atoms with Crippen LogP contribution in [0.25, 0.3) is 0 Å². The van der Waals surface area contributed by atoms with Crippen LogP contribution in [0.2, 0.25) is 0 Å². The summed E-state index contributed by atoms with van der Waals surface area (Å²) in [5.74, 6) is 1.01. The van der Waals surface area contributed by atoms with Gasteiger partial charge >= 0.3 is 0 Å². The Morgan fingerprint density at radius 1 is 1.43 bits per heavy atom. The Kier molecular flexibility index (Phi) is 5.16. The van der Waals surface area contributed by atoms with Crippen LogP contribution >= 0.6 is 0 Å². The Bertz CT molecular complexity index is 553. The first-order chi connectivity index (χ1) is 10.2. The zero-order chi connectivity index (χ0) is 15.2. The normalized spacial score (nSPS) is 12.3. The average molecular weight is 292 g/mol. The third-order valence-electron chi connectivity index (χ3n) is 3.31. The molecule has 2 aromatic heterocycles. The Balaban J connectivity index is 1.91. The van der Waals surface area contributed by atoms with Crippen LogP contribution < -0.4 is 5.32 Å². The van der Waals surface area contributed by atoms with Crippen LogP contribution in [-0.4, -0.2) is 22.7 Å². The number of carbonyl (C=O) groups is 1. The van der Waals surface area contributed by atoms with Crippen molar-refractivity contribution in [3.63, 3.8) is 0 Å². The number of aliphatic hydroxyl groups is 1. The molecule has 0 aliphatic heterocycles. The molecule has 1 unspecified atom stereocenters. The molecule has 114 valence electrons. The van der Waals surface area contributed by atoms with Gasteiger partial charge in [0.15, 0.2) is 0 Å². The predicted molar refractivity (Wildman–Crippen MR) is 75.6 cm³/mol. The largest absolute Gasteiger partial charge is 0.467 e.